The first-order chi connectivity index (χ1) is 11.1. The second-order valence-corrected chi connectivity index (χ2v) is 6.93. The van der Waals surface area contributed by atoms with Gasteiger partial charge in [0.25, 0.3) is 0 Å². The molecule has 23 heavy (non-hydrogen) atoms. The molecule has 5 heteroatoms. The Hall–Kier alpha value is -1.35. The van der Waals surface area contributed by atoms with Crippen molar-refractivity contribution in [2.24, 2.45) is 5.92 Å². The van der Waals surface area contributed by atoms with Crippen molar-refractivity contribution in [3.63, 3.8) is 0 Å². The highest BCUT2D eigenvalue weighted by molar-refractivity contribution is 7.48. The summed E-state index contributed by atoms with van der Waals surface area (Å²) in [6, 6.07) is 10.2. The summed E-state index contributed by atoms with van der Waals surface area (Å²) in [6.07, 6.45) is 9.10. The molecule has 0 heterocycles. The number of hydrogen-bond donors (Lipinski definition) is 0. The lowest BCUT2D eigenvalue weighted by molar-refractivity contribution is 0.141. The van der Waals surface area contributed by atoms with Crippen molar-refractivity contribution in [1.82, 2.24) is 0 Å². The number of hydrogen-bond acceptors (Lipinski definition) is 4. The Kier molecular flexibility index (Phi) is 7.10. The van der Waals surface area contributed by atoms with Crippen LogP contribution in [0.25, 0.3) is 6.08 Å². The van der Waals surface area contributed by atoms with Gasteiger partial charge in [-0.25, -0.2) is 4.57 Å². The Morgan fingerprint density at radius 3 is 2.52 bits per heavy atom. The van der Waals surface area contributed by atoms with Crippen molar-refractivity contribution in [2.45, 2.75) is 33.1 Å². The summed E-state index contributed by atoms with van der Waals surface area (Å²) in [5, 5.41) is 0. The first-order valence-corrected chi connectivity index (χ1v) is 9.64. The van der Waals surface area contributed by atoms with E-state index >= 15 is 0 Å². The minimum absolute atomic E-state index is 0.274. The highest BCUT2D eigenvalue weighted by Gasteiger charge is 2.29. The molecule has 0 N–H and O–H groups in total. The van der Waals surface area contributed by atoms with E-state index in [4.69, 9.17) is 13.6 Å². The summed E-state index contributed by atoms with van der Waals surface area (Å²) in [7, 11) is -3.48. The monoisotopic (exact) mass is 336 g/mol. The van der Waals surface area contributed by atoms with Gasteiger partial charge < -0.3 is 4.52 Å². The summed E-state index contributed by atoms with van der Waals surface area (Å²) in [5.74, 6) is 0.972. The zero-order chi connectivity index (χ0) is 16.5. The molecule has 1 unspecified atom stereocenters. The van der Waals surface area contributed by atoms with Gasteiger partial charge in [0.05, 0.1) is 13.2 Å². The van der Waals surface area contributed by atoms with E-state index in [1.54, 1.807) is 13.8 Å². The molecule has 1 aliphatic carbocycles. The number of benzene rings is 1. The average molecular weight is 336 g/mol. The van der Waals surface area contributed by atoms with E-state index in [2.05, 4.69) is 24.3 Å². The maximum Gasteiger partial charge on any atom is 0.529 e. The molecule has 0 saturated carbocycles. The van der Waals surface area contributed by atoms with Crippen LogP contribution < -0.4 is 0 Å². The Bertz CT molecular complexity index is 570. The quantitative estimate of drug-likeness (QED) is 0.581. The molecule has 0 radical (unpaired) electrons. The van der Waals surface area contributed by atoms with Gasteiger partial charge in [-0.3, -0.25) is 9.05 Å². The largest absolute Gasteiger partial charge is 0.529 e. The van der Waals surface area contributed by atoms with Crippen LogP contribution in [0.15, 0.2) is 48.2 Å². The Balaban J connectivity index is 2.03. The molecular formula is C18H25O4P. The lowest BCUT2D eigenvalue weighted by Crippen LogP contribution is -2.06. The van der Waals surface area contributed by atoms with E-state index in [-0.39, 0.29) is 5.92 Å². The van der Waals surface area contributed by atoms with Gasteiger partial charge >= 0.3 is 7.82 Å². The van der Waals surface area contributed by atoms with Gasteiger partial charge in [0.2, 0.25) is 0 Å². The molecule has 2 rings (SSSR count). The Labute approximate surface area is 138 Å². The highest BCUT2D eigenvalue weighted by Crippen LogP contribution is 2.52. The fraction of sp³-hybridized carbons (Fsp3) is 0.444. The van der Waals surface area contributed by atoms with Crippen molar-refractivity contribution in [1.29, 1.82) is 0 Å². The summed E-state index contributed by atoms with van der Waals surface area (Å²) in [4.78, 5) is 0. The molecule has 126 valence electrons. The molecule has 1 aromatic rings. The van der Waals surface area contributed by atoms with Crippen LogP contribution in [0.2, 0.25) is 0 Å². The molecule has 0 amide bonds. The topological polar surface area (TPSA) is 44.8 Å². The first-order valence-electron chi connectivity index (χ1n) is 8.18. The van der Waals surface area contributed by atoms with Crippen LogP contribution in [0.1, 0.15) is 38.7 Å². The fourth-order valence-corrected chi connectivity index (χ4v) is 3.75. The minimum atomic E-state index is -3.48. The molecule has 1 atom stereocenters. The third kappa shape index (κ3) is 5.98. The van der Waals surface area contributed by atoms with E-state index < -0.39 is 7.82 Å². The van der Waals surface area contributed by atoms with Gasteiger partial charge in [0.1, 0.15) is 5.76 Å². The third-order valence-electron chi connectivity index (χ3n) is 3.50. The molecule has 1 aliphatic rings. The van der Waals surface area contributed by atoms with Crippen molar-refractivity contribution < 1.29 is 18.1 Å². The van der Waals surface area contributed by atoms with E-state index in [9.17, 15) is 4.57 Å². The van der Waals surface area contributed by atoms with E-state index in [0.29, 0.717) is 19.0 Å². The number of allylic oxidation sites excluding steroid dienone is 3. The standard InChI is InChI=1S/C18H25O4P/c1-3-20-23(19,21-4-2)22-18-12-8-11-17(15-18)14-13-16-9-6-5-7-10-16/h5-7,9-10,13-15,17H,3-4,8,11-12H2,1-2H3/b14-13-. The van der Waals surface area contributed by atoms with Crippen LogP contribution in [-0.2, 0) is 18.1 Å². The summed E-state index contributed by atoms with van der Waals surface area (Å²) < 4.78 is 28.4. The van der Waals surface area contributed by atoms with Crippen LogP contribution >= 0.6 is 7.82 Å². The van der Waals surface area contributed by atoms with E-state index in [0.717, 1.165) is 19.3 Å². The predicted molar refractivity (Wildman–Crippen MR) is 92.8 cm³/mol. The number of phosphoric ester groups is 1. The molecule has 4 nitrogen and oxygen atoms in total. The van der Waals surface area contributed by atoms with Crippen molar-refractivity contribution in [2.75, 3.05) is 13.2 Å². The smallest absolute Gasteiger partial charge is 0.409 e. The van der Waals surface area contributed by atoms with Crippen molar-refractivity contribution >= 4 is 13.9 Å². The highest BCUT2D eigenvalue weighted by atomic mass is 31.2. The van der Waals surface area contributed by atoms with Gasteiger partial charge in [-0.1, -0.05) is 42.5 Å². The maximum absolute atomic E-state index is 12.4. The molecule has 1 aromatic carbocycles. The SMILES string of the molecule is CCOP(=O)(OCC)OC1=CC(/C=C\c2ccccc2)CCC1. The second kappa shape index (κ2) is 9.07. The van der Waals surface area contributed by atoms with Crippen LogP contribution in [0, 0.1) is 5.92 Å². The second-order valence-electron chi connectivity index (χ2n) is 5.33. The molecule has 0 aromatic heterocycles. The Morgan fingerprint density at radius 2 is 1.87 bits per heavy atom. The average Bonchev–Trinajstić information content (AvgIpc) is 2.54. The maximum atomic E-state index is 12.4. The van der Waals surface area contributed by atoms with Crippen LogP contribution in [0.4, 0.5) is 0 Å². The number of rotatable bonds is 8. The summed E-state index contributed by atoms with van der Waals surface area (Å²) >= 11 is 0. The fourth-order valence-electron chi connectivity index (χ4n) is 2.49. The predicted octanol–water partition coefficient (Wildman–Crippen LogP) is 5.58. The molecule has 0 saturated heterocycles. The third-order valence-corrected chi connectivity index (χ3v) is 5.11. The van der Waals surface area contributed by atoms with Gasteiger partial charge in [-0.2, -0.15) is 0 Å². The molecule has 0 aliphatic heterocycles. The molecule has 0 spiro atoms. The molecular weight excluding hydrogens is 311 g/mol. The first kappa shape index (κ1) is 18.0. The zero-order valence-electron chi connectivity index (χ0n) is 13.8. The van der Waals surface area contributed by atoms with Crippen molar-refractivity contribution in [3.05, 3.63) is 53.8 Å². The Morgan fingerprint density at radius 1 is 1.17 bits per heavy atom. The van der Waals surface area contributed by atoms with Gasteiger partial charge in [0.15, 0.2) is 0 Å². The van der Waals surface area contributed by atoms with E-state index in [1.165, 1.54) is 5.56 Å². The molecule has 0 bridgehead atoms. The summed E-state index contributed by atoms with van der Waals surface area (Å²) in [6.45, 7) is 4.13. The zero-order valence-corrected chi connectivity index (χ0v) is 14.7. The van der Waals surface area contributed by atoms with Crippen LogP contribution in [0.5, 0.6) is 0 Å². The summed E-state index contributed by atoms with van der Waals surface area (Å²) in [5.41, 5.74) is 1.17. The molecule has 0 fully saturated rings. The van der Waals surface area contributed by atoms with Crippen molar-refractivity contribution in [3.8, 4) is 0 Å². The lowest BCUT2D eigenvalue weighted by Gasteiger charge is -2.23. The van der Waals surface area contributed by atoms with Gasteiger partial charge in [0, 0.05) is 6.42 Å². The van der Waals surface area contributed by atoms with Crippen LogP contribution in [-0.4, -0.2) is 13.2 Å². The van der Waals surface area contributed by atoms with Crippen LogP contribution in [0.3, 0.4) is 0 Å². The van der Waals surface area contributed by atoms with Gasteiger partial charge in [-0.15, -0.1) is 0 Å². The lowest BCUT2D eigenvalue weighted by atomic mass is 9.94. The normalized spacial score (nSPS) is 18.9. The minimum Gasteiger partial charge on any atom is -0.409 e. The van der Waals surface area contributed by atoms with E-state index in [1.807, 2.05) is 24.3 Å². The van der Waals surface area contributed by atoms with Gasteiger partial charge in [-0.05, 0) is 44.2 Å². The number of phosphoric acid groups is 1.